The average Bonchev–Trinajstić information content (AvgIpc) is 3.46. The van der Waals surface area contributed by atoms with Crippen molar-refractivity contribution in [2.24, 2.45) is 30.7 Å². The molecule has 0 radical (unpaired) electrons. The summed E-state index contributed by atoms with van der Waals surface area (Å²) in [6.45, 7) is 0. The fourth-order valence-electron chi connectivity index (χ4n) is 6.00. The van der Waals surface area contributed by atoms with Gasteiger partial charge in [-0.1, -0.05) is 0 Å². The Morgan fingerprint density at radius 2 is 1.94 bits per heavy atom. The van der Waals surface area contributed by atoms with Crippen LogP contribution in [0.5, 0.6) is 0 Å². The molecule has 7 rings (SSSR count). The number of H-pyrrole nitrogens is 1. The maximum Gasteiger partial charge on any atom is 0.307 e. The van der Waals surface area contributed by atoms with Gasteiger partial charge in [-0.05, 0) is 55.9 Å². The molecule has 0 saturated heterocycles. The van der Waals surface area contributed by atoms with Gasteiger partial charge in [-0.2, -0.15) is 10.2 Å². The first-order chi connectivity index (χ1) is 16.9. The Bertz CT molecular complexity index is 1440. The molecule has 9 nitrogen and oxygen atoms in total. The van der Waals surface area contributed by atoms with Gasteiger partial charge in [0, 0.05) is 18.8 Å². The molecule has 2 bridgehead atoms. The maximum absolute atomic E-state index is 15.9. The number of halogens is 2. The minimum absolute atomic E-state index is 0.0538. The fourth-order valence-corrected chi connectivity index (χ4v) is 6.00. The zero-order chi connectivity index (χ0) is 24.3. The van der Waals surface area contributed by atoms with E-state index in [4.69, 9.17) is 0 Å². The standard InChI is InChI=1S/C24H23F2N7O2/c1-33-10-13(8-28-33)20-19(26)17(7-15-11-2-4-12(5-3-11)18(15)24(34)35)29-23(30-20)21-16-6-14(25)9-27-22(16)32-31-21/h6,8-12,15,18H,2-5,7H2,1H3,(H,34,35)(H,27,31,32)/t11?,12?,15-,18-/m0/s1. The summed E-state index contributed by atoms with van der Waals surface area (Å²) in [6.07, 6.45) is 8.10. The SMILES string of the molecule is Cn1cc(-c2nc(-c3[nH]nc4ncc(F)cc34)nc(C[C@H]3C4CCC(CC4)[C@@H]3C(=O)O)c2F)cn1. The summed E-state index contributed by atoms with van der Waals surface area (Å²) in [5.74, 6) is -2.24. The van der Waals surface area contributed by atoms with Gasteiger partial charge in [-0.25, -0.2) is 23.7 Å². The number of carbonyl (C=O) groups is 1. The molecule has 0 aromatic carbocycles. The lowest BCUT2D eigenvalue weighted by Gasteiger charge is -2.46. The van der Waals surface area contributed by atoms with E-state index in [1.54, 1.807) is 17.9 Å². The molecule has 0 unspecified atom stereocenters. The normalized spacial score (nSPS) is 23.7. The van der Waals surface area contributed by atoms with Crippen molar-refractivity contribution in [3.63, 3.8) is 0 Å². The highest BCUT2D eigenvalue weighted by atomic mass is 19.1. The lowest BCUT2D eigenvalue weighted by Crippen LogP contribution is -2.45. The van der Waals surface area contributed by atoms with Crippen molar-refractivity contribution in [1.29, 1.82) is 0 Å². The van der Waals surface area contributed by atoms with Gasteiger partial charge in [-0.3, -0.25) is 14.6 Å². The summed E-state index contributed by atoms with van der Waals surface area (Å²) in [6, 6.07) is 1.28. The van der Waals surface area contributed by atoms with Gasteiger partial charge in [0.1, 0.15) is 17.2 Å². The van der Waals surface area contributed by atoms with Crippen LogP contribution >= 0.6 is 0 Å². The van der Waals surface area contributed by atoms with Crippen molar-refractivity contribution in [3.05, 3.63) is 42.0 Å². The lowest BCUT2D eigenvalue weighted by molar-refractivity contribution is -0.152. The van der Waals surface area contributed by atoms with E-state index in [0.717, 1.165) is 31.9 Å². The van der Waals surface area contributed by atoms with Crippen LogP contribution in [0.1, 0.15) is 31.4 Å². The quantitative estimate of drug-likeness (QED) is 0.447. The molecule has 3 saturated carbocycles. The number of nitrogens with one attached hydrogen (secondary N) is 1. The molecule has 4 aromatic rings. The summed E-state index contributed by atoms with van der Waals surface area (Å²) >= 11 is 0. The van der Waals surface area contributed by atoms with Gasteiger partial charge < -0.3 is 5.11 Å². The van der Waals surface area contributed by atoms with Gasteiger partial charge in [0.2, 0.25) is 0 Å². The van der Waals surface area contributed by atoms with Crippen molar-refractivity contribution in [3.8, 4) is 22.8 Å². The second-order valence-corrected chi connectivity index (χ2v) is 9.59. The number of aliphatic carboxylic acids is 1. The number of carboxylic acid groups (broad SMARTS) is 1. The van der Waals surface area contributed by atoms with Crippen LogP contribution in [0.15, 0.2) is 24.7 Å². The molecule has 0 spiro atoms. The summed E-state index contributed by atoms with van der Waals surface area (Å²) in [4.78, 5) is 25.1. The van der Waals surface area contributed by atoms with E-state index in [1.807, 2.05) is 0 Å². The number of hydrogen-bond acceptors (Lipinski definition) is 6. The Balaban J connectivity index is 1.50. The van der Waals surface area contributed by atoms with Crippen LogP contribution in [0.3, 0.4) is 0 Å². The molecular weight excluding hydrogens is 456 g/mol. The number of carboxylic acids is 1. The maximum atomic E-state index is 15.9. The molecule has 3 aliphatic rings. The van der Waals surface area contributed by atoms with Crippen LogP contribution in [-0.4, -0.2) is 46.0 Å². The monoisotopic (exact) mass is 479 g/mol. The summed E-state index contributed by atoms with van der Waals surface area (Å²) in [5, 5.41) is 21.4. The molecule has 11 heteroatoms. The minimum Gasteiger partial charge on any atom is -0.481 e. The highest BCUT2D eigenvalue weighted by Gasteiger charge is 2.47. The largest absolute Gasteiger partial charge is 0.481 e. The Kier molecular flexibility index (Phi) is 5.08. The number of hydrogen-bond donors (Lipinski definition) is 2. The van der Waals surface area contributed by atoms with Crippen LogP contribution in [0.2, 0.25) is 0 Å². The van der Waals surface area contributed by atoms with Crippen molar-refractivity contribution >= 4 is 17.0 Å². The summed E-state index contributed by atoms with van der Waals surface area (Å²) < 4.78 is 31.4. The Morgan fingerprint density at radius 1 is 1.17 bits per heavy atom. The first kappa shape index (κ1) is 21.8. The third-order valence-electron chi connectivity index (χ3n) is 7.60. The van der Waals surface area contributed by atoms with E-state index < -0.39 is 23.5 Å². The van der Waals surface area contributed by atoms with Crippen molar-refractivity contribution in [2.45, 2.75) is 32.1 Å². The third kappa shape index (κ3) is 3.65. The third-order valence-corrected chi connectivity index (χ3v) is 7.60. The van der Waals surface area contributed by atoms with Crippen LogP contribution in [0.25, 0.3) is 33.8 Å². The molecule has 2 atom stereocenters. The number of aromatic nitrogens is 7. The van der Waals surface area contributed by atoms with Crippen molar-refractivity contribution in [1.82, 2.24) is 34.9 Å². The predicted molar refractivity (Wildman–Crippen MR) is 121 cm³/mol. The zero-order valence-corrected chi connectivity index (χ0v) is 18.9. The van der Waals surface area contributed by atoms with Crippen LogP contribution in [0.4, 0.5) is 8.78 Å². The van der Waals surface area contributed by atoms with Gasteiger partial charge in [0.25, 0.3) is 0 Å². The Hall–Kier alpha value is -3.76. The van der Waals surface area contributed by atoms with Gasteiger partial charge >= 0.3 is 5.97 Å². The first-order valence-corrected chi connectivity index (χ1v) is 11.7. The lowest BCUT2D eigenvalue weighted by atomic mass is 9.57. The number of aromatic amines is 1. The second kappa shape index (κ2) is 8.17. The number of pyridine rings is 1. The van der Waals surface area contributed by atoms with Crippen LogP contribution in [0, 0.1) is 35.3 Å². The number of nitrogens with zero attached hydrogens (tertiary/aromatic N) is 6. The second-order valence-electron chi connectivity index (χ2n) is 9.59. The average molecular weight is 479 g/mol. The molecular formula is C24H23F2N7O2. The van der Waals surface area contributed by atoms with Gasteiger partial charge in [0.05, 0.1) is 29.4 Å². The highest BCUT2D eigenvalue weighted by Crippen LogP contribution is 2.50. The molecule has 4 heterocycles. The Morgan fingerprint density at radius 3 is 2.66 bits per heavy atom. The molecule has 2 N–H and O–H groups in total. The molecule has 35 heavy (non-hydrogen) atoms. The smallest absolute Gasteiger partial charge is 0.307 e. The number of aryl methyl sites for hydroxylation is 1. The van der Waals surface area contributed by atoms with Gasteiger partial charge in [-0.15, -0.1) is 0 Å². The molecule has 180 valence electrons. The van der Waals surface area contributed by atoms with Gasteiger partial charge in [0.15, 0.2) is 17.3 Å². The van der Waals surface area contributed by atoms with E-state index in [1.165, 1.54) is 12.3 Å². The van der Waals surface area contributed by atoms with Crippen LogP contribution in [-0.2, 0) is 18.3 Å². The van der Waals surface area contributed by atoms with E-state index in [9.17, 15) is 14.3 Å². The molecule has 4 aromatic heterocycles. The topological polar surface area (TPSA) is 122 Å². The first-order valence-electron chi connectivity index (χ1n) is 11.7. The summed E-state index contributed by atoms with van der Waals surface area (Å²) in [7, 11) is 1.72. The Labute approximate surface area is 198 Å². The zero-order valence-electron chi connectivity index (χ0n) is 18.9. The number of fused-ring (bicyclic) bond motifs is 4. The molecule has 3 fully saturated rings. The van der Waals surface area contributed by atoms with E-state index in [2.05, 4.69) is 30.2 Å². The molecule has 0 amide bonds. The highest BCUT2D eigenvalue weighted by molar-refractivity contribution is 5.89. The van der Waals surface area contributed by atoms with E-state index in [-0.39, 0.29) is 47.0 Å². The summed E-state index contributed by atoms with van der Waals surface area (Å²) in [5.41, 5.74) is 1.26. The van der Waals surface area contributed by atoms with Crippen LogP contribution < -0.4 is 0 Å². The predicted octanol–water partition coefficient (Wildman–Crippen LogP) is 3.77. The molecule has 0 aliphatic heterocycles. The van der Waals surface area contributed by atoms with Crippen molar-refractivity contribution < 1.29 is 18.7 Å². The fraction of sp³-hybridized carbons (Fsp3) is 0.417. The molecule has 3 aliphatic carbocycles. The van der Waals surface area contributed by atoms with E-state index >= 15 is 4.39 Å². The number of rotatable bonds is 5. The minimum atomic E-state index is -0.826. The van der Waals surface area contributed by atoms with E-state index in [0.29, 0.717) is 16.6 Å². The van der Waals surface area contributed by atoms with Crippen molar-refractivity contribution in [2.75, 3.05) is 0 Å².